The normalized spacial score (nSPS) is 13.9. The summed E-state index contributed by atoms with van der Waals surface area (Å²) in [5.41, 5.74) is 5.13. The van der Waals surface area contributed by atoms with E-state index in [4.69, 9.17) is 0 Å². The lowest BCUT2D eigenvalue weighted by atomic mass is 9.96. The van der Waals surface area contributed by atoms with Gasteiger partial charge in [-0.05, 0) is 54.0 Å². The van der Waals surface area contributed by atoms with Gasteiger partial charge in [0.15, 0.2) is 9.84 Å². The van der Waals surface area contributed by atoms with Gasteiger partial charge in [-0.1, -0.05) is 45.9 Å². The van der Waals surface area contributed by atoms with Crippen LogP contribution in [0.3, 0.4) is 0 Å². The second-order valence-electron chi connectivity index (χ2n) is 8.73. The van der Waals surface area contributed by atoms with Crippen molar-refractivity contribution in [3.63, 3.8) is 0 Å². The Kier molecular flexibility index (Phi) is 7.21. The van der Waals surface area contributed by atoms with Gasteiger partial charge in [0.05, 0.1) is 16.3 Å². The average molecular weight is 438 g/mol. The molecule has 1 aromatic carbocycles. The molecule has 0 radical (unpaired) electrons. The Hall–Kier alpha value is -2.60. The van der Waals surface area contributed by atoms with E-state index in [-0.39, 0.29) is 11.8 Å². The molecule has 0 aliphatic heterocycles. The minimum absolute atomic E-state index is 0.142. The number of rotatable bonds is 8. The van der Waals surface area contributed by atoms with Crippen molar-refractivity contribution in [3.05, 3.63) is 83.2 Å². The number of sulfone groups is 1. The molecular weight excluding hydrogens is 406 g/mol. The Morgan fingerprint density at radius 3 is 2.06 bits per heavy atom. The Morgan fingerprint density at radius 1 is 0.774 bits per heavy atom. The Morgan fingerprint density at radius 2 is 1.48 bits per heavy atom. The van der Waals surface area contributed by atoms with Crippen LogP contribution in [0.2, 0.25) is 0 Å². The van der Waals surface area contributed by atoms with Gasteiger partial charge in [0.1, 0.15) is 0 Å². The summed E-state index contributed by atoms with van der Waals surface area (Å²) < 4.78 is 23.6. The Labute approximate surface area is 185 Å². The van der Waals surface area contributed by atoms with E-state index in [1.54, 1.807) is 18.2 Å². The third kappa shape index (κ3) is 6.20. The highest BCUT2D eigenvalue weighted by molar-refractivity contribution is 7.90. The van der Waals surface area contributed by atoms with E-state index in [1.807, 2.05) is 24.7 Å². The van der Waals surface area contributed by atoms with Crippen LogP contribution in [0.15, 0.2) is 59.9 Å². The van der Waals surface area contributed by atoms with Gasteiger partial charge in [-0.3, -0.25) is 15.0 Å². The monoisotopic (exact) mass is 437 g/mol. The van der Waals surface area contributed by atoms with Crippen molar-refractivity contribution in [2.45, 2.75) is 63.2 Å². The Bertz CT molecular complexity index is 1110. The van der Waals surface area contributed by atoms with Crippen LogP contribution >= 0.6 is 0 Å². The van der Waals surface area contributed by atoms with Gasteiger partial charge in [-0.25, -0.2) is 8.42 Å². The molecule has 0 unspecified atom stereocenters. The summed E-state index contributed by atoms with van der Waals surface area (Å²) in [6.07, 6.45) is 8.40. The first kappa shape index (κ1) is 23.1. The summed E-state index contributed by atoms with van der Waals surface area (Å²) >= 11 is 0. The smallest absolute Gasteiger partial charge is 0.175 e. The van der Waals surface area contributed by atoms with Gasteiger partial charge in [-0.2, -0.15) is 0 Å². The summed E-state index contributed by atoms with van der Waals surface area (Å²) in [5, 5.41) is 0. The van der Waals surface area contributed by atoms with Crippen LogP contribution < -0.4 is 0 Å². The number of nitrogens with zero attached hydrogens (tertiary/aromatic N) is 3. The SMILES string of the molecule is CC(C)c1ccc(C[C@H](C)c2cnc(C[C@H](C)c3cccc(S(C)(=O)=O)c3)cn2)nc1. The molecule has 0 bridgehead atoms. The number of pyridine rings is 1. The maximum Gasteiger partial charge on any atom is 0.175 e. The molecule has 2 atom stereocenters. The molecule has 164 valence electrons. The lowest BCUT2D eigenvalue weighted by molar-refractivity contribution is 0.601. The van der Waals surface area contributed by atoms with Crippen molar-refractivity contribution in [2.75, 3.05) is 6.26 Å². The summed E-state index contributed by atoms with van der Waals surface area (Å²) in [5.74, 6) is 0.847. The van der Waals surface area contributed by atoms with Crippen LogP contribution in [0.25, 0.3) is 0 Å². The first-order chi connectivity index (χ1) is 14.6. The van der Waals surface area contributed by atoms with Gasteiger partial charge in [0.25, 0.3) is 0 Å². The maximum absolute atomic E-state index is 11.8. The van der Waals surface area contributed by atoms with Gasteiger partial charge < -0.3 is 0 Å². The molecule has 0 aliphatic rings. The molecule has 0 fully saturated rings. The summed E-state index contributed by atoms with van der Waals surface area (Å²) in [4.78, 5) is 14.2. The lowest BCUT2D eigenvalue weighted by Crippen LogP contribution is -2.07. The van der Waals surface area contributed by atoms with Crippen LogP contribution in [0.1, 0.15) is 73.7 Å². The highest BCUT2D eigenvalue weighted by Crippen LogP contribution is 2.23. The van der Waals surface area contributed by atoms with E-state index >= 15 is 0 Å². The molecule has 3 aromatic rings. The molecule has 0 aliphatic carbocycles. The first-order valence-corrected chi connectivity index (χ1v) is 12.6. The fourth-order valence-electron chi connectivity index (χ4n) is 3.52. The predicted octanol–water partition coefficient (Wildman–Crippen LogP) is 5.09. The fourth-order valence-corrected chi connectivity index (χ4v) is 4.20. The molecule has 0 N–H and O–H groups in total. The first-order valence-electron chi connectivity index (χ1n) is 10.7. The molecule has 3 rings (SSSR count). The Balaban J connectivity index is 1.64. The van der Waals surface area contributed by atoms with E-state index in [1.165, 1.54) is 11.8 Å². The summed E-state index contributed by atoms with van der Waals surface area (Å²) in [6.45, 7) is 8.55. The second kappa shape index (κ2) is 9.69. The summed E-state index contributed by atoms with van der Waals surface area (Å²) in [7, 11) is -3.21. The van der Waals surface area contributed by atoms with E-state index in [0.717, 1.165) is 29.1 Å². The van der Waals surface area contributed by atoms with Crippen LogP contribution in [0, 0.1) is 0 Å². The topological polar surface area (TPSA) is 72.8 Å². The van der Waals surface area contributed by atoms with E-state index < -0.39 is 9.84 Å². The zero-order valence-corrected chi connectivity index (χ0v) is 19.7. The molecule has 5 nitrogen and oxygen atoms in total. The third-order valence-corrected chi connectivity index (χ3v) is 6.74. The van der Waals surface area contributed by atoms with Gasteiger partial charge in [0, 0.05) is 36.5 Å². The van der Waals surface area contributed by atoms with E-state index in [9.17, 15) is 8.42 Å². The lowest BCUT2D eigenvalue weighted by Gasteiger charge is -2.14. The number of hydrogen-bond donors (Lipinski definition) is 0. The predicted molar refractivity (Wildman–Crippen MR) is 124 cm³/mol. The van der Waals surface area contributed by atoms with Gasteiger partial charge in [-0.15, -0.1) is 0 Å². The molecule has 2 aromatic heterocycles. The van der Waals surface area contributed by atoms with Crippen molar-refractivity contribution >= 4 is 9.84 Å². The molecule has 0 amide bonds. The minimum atomic E-state index is -3.21. The van der Waals surface area contributed by atoms with Crippen molar-refractivity contribution in [2.24, 2.45) is 0 Å². The fraction of sp³-hybridized carbons (Fsp3) is 0.400. The van der Waals surface area contributed by atoms with Crippen molar-refractivity contribution in [1.29, 1.82) is 0 Å². The maximum atomic E-state index is 11.8. The van der Waals surface area contributed by atoms with Gasteiger partial charge in [0.2, 0.25) is 0 Å². The summed E-state index contributed by atoms with van der Waals surface area (Å²) in [6, 6.07) is 11.4. The van der Waals surface area contributed by atoms with Gasteiger partial charge >= 0.3 is 0 Å². The molecule has 0 saturated heterocycles. The molecule has 2 heterocycles. The molecule has 31 heavy (non-hydrogen) atoms. The average Bonchev–Trinajstić information content (AvgIpc) is 2.74. The van der Waals surface area contributed by atoms with Crippen molar-refractivity contribution in [3.8, 4) is 0 Å². The van der Waals surface area contributed by atoms with Crippen LogP contribution in [-0.2, 0) is 22.7 Å². The van der Waals surface area contributed by atoms with Crippen LogP contribution in [0.5, 0.6) is 0 Å². The third-order valence-electron chi connectivity index (χ3n) is 5.63. The largest absolute Gasteiger partial charge is 0.261 e. The standard InChI is InChI=1S/C25H31N3O2S/c1-17(2)21-9-10-22(26-14-21)12-19(4)25-16-27-23(15-28-25)11-18(3)20-7-6-8-24(13-20)31(5,29)30/h6-10,13-19H,11-12H2,1-5H3/t18-,19-/m0/s1. The minimum Gasteiger partial charge on any atom is -0.261 e. The zero-order valence-electron chi connectivity index (χ0n) is 18.9. The highest BCUT2D eigenvalue weighted by Gasteiger charge is 2.14. The number of benzene rings is 1. The molecule has 6 heteroatoms. The zero-order chi connectivity index (χ0) is 22.6. The van der Waals surface area contributed by atoms with Crippen LogP contribution in [-0.4, -0.2) is 29.6 Å². The van der Waals surface area contributed by atoms with E-state index in [0.29, 0.717) is 17.2 Å². The molecule has 0 saturated carbocycles. The number of hydrogen-bond acceptors (Lipinski definition) is 5. The van der Waals surface area contributed by atoms with E-state index in [2.05, 4.69) is 54.8 Å². The molecular formula is C25H31N3O2S. The second-order valence-corrected chi connectivity index (χ2v) is 10.7. The van der Waals surface area contributed by atoms with Crippen molar-refractivity contribution < 1.29 is 8.42 Å². The van der Waals surface area contributed by atoms with Crippen molar-refractivity contribution in [1.82, 2.24) is 15.0 Å². The number of aromatic nitrogens is 3. The van der Waals surface area contributed by atoms with Crippen LogP contribution in [0.4, 0.5) is 0 Å². The quantitative estimate of drug-likeness (QED) is 0.491. The highest BCUT2D eigenvalue weighted by atomic mass is 32.2. The molecule has 0 spiro atoms.